The lowest BCUT2D eigenvalue weighted by atomic mass is 10.1. The van der Waals surface area contributed by atoms with Crippen LogP contribution in [0.2, 0.25) is 0 Å². The van der Waals surface area contributed by atoms with Gasteiger partial charge in [0.2, 0.25) is 0 Å². The minimum Gasteiger partial charge on any atom is -0.482 e. The minimum absolute atomic E-state index is 0.103. The number of hydrogen-bond donors (Lipinski definition) is 1. The molecule has 0 spiro atoms. The topological polar surface area (TPSA) is 50.9 Å². The van der Waals surface area contributed by atoms with Crippen LogP contribution >= 0.6 is 0 Å². The first-order valence-corrected chi connectivity index (χ1v) is 4.51. The highest BCUT2D eigenvalue weighted by Crippen LogP contribution is 2.35. The summed E-state index contributed by atoms with van der Waals surface area (Å²) in [7, 11) is 0. The molecular formula is C10H9NO3. The number of carbonyl (C=O) groups is 1. The lowest BCUT2D eigenvalue weighted by Crippen LogP contribution is -2.25. The van der Waals surface area contributed by atoms with Gasteiger partial charge in [0.1, 0.15) is 11.9 Å². The molecule has 1 fully saturated rings. The van der Waals surface area contributed by atoms with Crippen molar-refractivity contribution in [2.75, 3.05) is 18.5 Å². The van der Waals surface area contributed by atoms with E-state index in [1.807, 2.05) is 18.2 Å². The van der Waals surface area contributed by atoms with E-state index in [1.165, 1.54) is 0 Å². The van der Waals surface area contributed by atoms with Crippen LogP contribution in [0.25, 0.3) is 0 Å². The molecule has 1 saturated heterocycles. The smallest absolute Gasteiger partial charge is 0.262 e. The van der Waals surface area contributed by atoms with E-state index in [-0.39, 0.29) is 18.6 Å². The van der Waals surface area contributed by atoms with Crippen molar-refractivity contribution in [2.45, 2.75) is 6.10 Å². The van der Waals surface area contributed by atoms with Crippen LogP contribution in [0, 0.1) is 0 Å². The van der Waals surface area contributed by atoms with E-state index in [9.17, 15) is 4.79 Å². The standard InChI is InChI=1S/C10H9NO3/c12-10-5-14-8-2-1-6(9-4-13-9)3-7(8)11-10/h1-3,9H,4-5H2,(H,11,12). The largest absolute Gasteiger partial charge is 0.482 e. The molecule has 3 rings (SSSR count). The Balaban J connectivity index is 1.99. The van der Waals surface area contributed by atoms with Gasteiger partial charge in [-0.25, -0.2) is 0 Å². The van der Waals surface area contributed by atoms with E-state index in [4.69, 9.17) is 9.47 Å². The fourth-order valence-electron chi connectivity index (χ4n) is 1.54. The predicted octanol–water partition coefficient (Wildman–Crippen LogP) is 1.09. The molecule has 1 aromatic carbocycles. The third-order valence-corrected chi connectivity index (χ3v) is 2.34. The molecule has 4 nitrogen and oxygen atoms in total. The summed E-state index contributed by atoms with van der Waals surface area (Å²) in [6.45, 7) is 0.875. The number of rotatable bonds is 1. The van der Waals surface area contributed by atoms with Gasteiger partial charge in [-0.1, -0.05) is 6.07 Å². The van der Waals surface area contributed by atoms with Crippen molar-refractivity contribution in [2.24, 2.45) is 0 Å². The molecule has 1 unspecified atom stereocenters. The van der Waals surface area contributed by atoms with E-state index in [1.54, 1.807) is 0 Å². The first-order chi connectivity index (χ1) is 6.83. The van der Waals surface area contributed by atoms with Crippen LogP contribution in [0.15, 0.2) is 18.2 Å². The van der Waals surface area contributed by atoms with Gasteiger partial charge in [0, 0.05) is 0 Å². The second-order valence-electron chi connectivity index (χ2n) is 3.41. The number of ether oxygens (including phenoxy) is 2. The van der Waals surface area contributed by atoms with Crippen molar-refractivity contribution >= 4 is 11.6 Å². The van der Waals surface area contributed by atoms with Gasteiger partial charge in [-0.3, -0.25) is 4.79 Å². The normalized spacial score (nSPS) is 23.4. The second kappa shape index (κ2) is 2.72. The van der Waals surface area contributed by atoms with E-state index < -0.39 is 0 Å². The van der Waals surface area contributed by atoms with Crippen molar-refractivity contribution < 1.29 is 14.3 Å². The van der Waals surface area contributed by atoms with Gasteiger partial charge in [0.15, 0.2) is 6.61 Å². The summed E-state index contributed by atoms with van der Waals surface area (Å²) >= 11 is 0. The molecule has 0 aromatic heterocycles. The molecule has 4 heteroatoms. The van der Waals surface area contributed by atoms with Gasteiger partial charge in [-0.15, -0.1) is 0 Å². The van der Waals surface area contributed by atoms with Crippen molar-refractivity contribution in [3.05, 3.63) is 23.8 Å². The Kier molecular flexibility index (Phi) is 1.52. The van der Waals surface area contributed by atoms with Gasteiger partial charge in [-0.05, 0) is 17.7 Å². The molecule has 0 saturated carbocycles. The van der Waals surface area contributed by atoms with Crippen LogP contribution in [0.5, 0.6) is 5.75 Å². The zero-order valence-corrected chi connectivity index (χ0v) is 7.45. The Bertz CT molecular complexity index is 398. The molecule has 1 N–H and O–H groups in total. The zero-order valence-electron chi connectivity index (χ0n) is 7.45. The fourth-order valence-corrected chi connectivity index (χ4v) is 1.54. The van der Waals surface area contributed by atoms with Crippen molar-refractivity contribution in [3.8, 4) is 5.75 Å². The summed E-state index contributed by atoms with van der Waals surface area (Å²) < 4.78 is 10.4. The number of nitrogens with one attached hydrogen (secondary N) is 1. The monoisotopic (exact) mass is 191 g/mol. The van der Waals surface area contributed by atoms with E-state index in [0.29, 0.717) is 0 Å². The fraction of sp³-hybridized carbons (Fsp3) is 0.300. The molecule has 0 aliphatic carbocycles. The maximum atomic E-state index is 11.1. The molecule has 1 amide bonds. The first kappa shape index (κ1) is 7.82. The van der Waals surface area contributed by atoms with Gasteiger partial charge in [0.25, 0.3) is 5.91 Å². The number of carbonyl (C=O) groups excluding carboxylic acids is 1. The van der Waals surface area contributed by atoms with Crippen molar-refractivity contribution in [1.29, 1.82) is 0 Å². The van der Waals surface area contributed by atoms with Crippen LogP contribution in [-0.4, -0.2) is 19.1 Å². The van der Waals surface area contributed by atoms with Gasteiger partial charge >= 0.3 is 0 Å². The summed E-state index contributed by atoms with van der Waals surface area (Å²) in [5, 5.41) is 2.76. The average Bonchev–Trinajstić information content (AvgIpc) is 3.00. The Labute approximate surface area is 80.8 Å². The SMILES string of the molecule is O=C1COc2ccc(C3CO3)cc2N1. The second-order valence-corrected chi connectivity index (χ2v) is 3.41. The Morgan fingerprint density at radius 2 is 2.29 bits per heavy atom. The third-order valence-electron chi connectivity index (χ3n) is 2.34. The predicted molar refractivity (Wildman–Crippen MR) is 49.3 cm³/mol. The van der Waals surface area contributed by atoms with Crippen LogP contribution in [0.1, 0.15) is 11.7 Å². The lowest BCUT2D eigenvalue weighted by Gasteiger charge is -2.18. The first-order valence-electron chi connectivity index (χ1n) is 4.51. The average molecular weight is 191 g/mol. The number of benzene rings is 1. The lowest BCUT2D eigenvalue weighted by molar-refractivity contribution is -0.118. The van der Waals surface area contributed by atoms with Crippen molar-refractivity contribution in [1.82, 2.24) is 0 Å². The third kappa shape index (κ3) is 1.24. The highest BCUT2D eigenvalue weighted by Gasteiger charge is 2.26. The molecule has 2 heterocycles. The number of epoxide rings is 1. The quantitative estimate of drug-likeness (QED) is 0.676. The zero-order chi connectivity index (χ0) is 9.54. The van der Waals surface area contributed by atoms with Gasteiger partial charge < -0.3 is 14.8 Å². The van der Waals surface area contributed by atoms with E-state index in [2.05, 4.69) is 5.32 Å². The Hall–Kier alpha value is -1.55. The summed E-state index contributed by atoms with van der Waals surface area (Å²) in [6.07, 6.45) is 0.208. The summed E-state index contributed by atoms with van der Waals surface area (Å²) in [5.74, 6) is 0.625. The number of fused-ring (bicyclic) bond motifs is 1. The Morgan fingerprint density at radius 1 is 1.43 bits per heavy atom. The summed E-state index contributed by atoms with van der Waals surface area (Å²) in [5.41, 5.74) is 1.84. The van der Waals surface area contributed by atoms with Crippen molar-refractivity contribution in [3.63, 3.8) is 0 Å². The molecule has 1 atom stereocenters. The highest BCUT2D eigenvalue weighted by molar-refractivity contribution is 5.95. The molecule has 2 aliphatic heterocycles. The van der Waals surface area contributed by atoms with Gasteiger partial charge in [0.05, 0.1) is 12.3 Å². The molecule has 0 bridgehead atoms. The highest BCUT2D eigenvalue weighted by atomic mass is 16.6. The summed E-state index contributed by atoms with van der Waals surface area (Å²) in [6, 6.07) is 5.74. The van der Waals surface area contributed by atoms with E-state index >= 15 is 0 Å². The van der Waals surface area contributed by atoms with Crippen LogP contribution in [-0.2, 0) is 9.53 Å². The molecule has 72 valence electrons. The van der Waals surface area contributed by atoms with Crippen LogP contribution in [0.4, 0.5) is 5.69 Å². The molecule has 14 heavy (non-hydrogen) atoms. The van der Waals surface area contributed by atoms with Crippen LogP contribution in [0.3, 0.4) is 0 Å². The number of hydrogen-bond acceptors (Lipinski definition) is 3. The number of anilines is 1. The minimum atomic E-state index is -0.105. The molecule has 0 radical (unpaired) electrons. The number of amides is 1. The maximum absolute atomic E-state index is 11.1. The van der Waals surface area contributed by atoms with E-state index in [0.717, 1.165) is 23.6 Å². The molecular weight excluding hydrogens is 182 g/mol. The molecule has 2 aliphatic rings. The Morgan fingerprint density at radius 3 is 3.07 bits per heavy atom. The summed E-state index contributed by atoms with van der Waals surface area (Å²) in [4.78, 5) is 11.1. The van der Waals surface area contributed by atoms with Gasteiger partial charge in [-0.2, -0.15) is 0 Å². The molecule has 1 aromatic rings. The van der Waals surface area contributed by atoms with Crippen LogP contribution < -0.4 is 10.1 Å². The maximum Gasteiger partial charge on any atom is 0.262 e.